The van der Waals surface area contributed by atoms with Gasteiger partial charge in [0, 0.05) is 22.9 Å². The molecule has 2 aromatic rings. The second-order valence-electron chi connectivity index (χ2n) is 8.73. The fraction of sp³-hybridized carbons (Fsp3) is 0.520. The van der Waals surface area contributed by atoms with Crippen LogP contribution in [0.1, 0.15) is 68.3 Å². The molecule has 0 spiro atoms. The monoisotopic (exact) mass is 455 g/mol. The molecule has 4 rings (SSSR count). The molecule has 2 saturated carbocycles. The van der Waals surface area contributed by atoms with Crippen molar-refractivity contribution in [1.29, 1.82) is 0 Å². The Hall–Kier alpha value is -2.47. The molecule has 2 aliphatic rings. The maximum atomic E-state index is 12.9. The zero-order valence-corrected chi connectivity index (χ0v) is 19.3. The molecule has 1 atom stereocenters. The number of hydrogen-bond acceptors (Lipinski definition) is 6. The number of aromatic nitrogens is 2. The molecule has 1 unspecified atom stereocenters. The van der Waals surface area contributed by atoms with Gasteiger partial charge in [-0.15, -0.1) is 10.2 Å². The molecule has 0 radical (unpaired) electrons. The Morgan fingerprint density at radius 3 is 2.72 bits per heavy atom. The fourth-order valence-electron chi connectivity index (χ4n) is 4.19. The first-order chi connectivity index (χ1) is 15.6. The van der Waals surface area contributed by atoms with Gasteiger partial charge in [0.15, 0.2) is 5.78 Å². The third kappa shape index (κ3) is 6.06. The molecular formula is C25H30ClN3O3. The number of Topliss-reactive ketones (excluding diaryl/α,β-unsaturated/α-hetero) is 1. The summed E-state index contributed by atoms with van der Waals surface area (Å²) in [5.74, 6) is 1.48. The molecule has 0 saturated heterocycles. The van der Waals surface area contributed by atoms with Crippen LogP contribution < -0.4 is 4.74 Å². The van der Waals surface area contributed by atoms with E-state index in [0.717, 1.165) is 48.9 Å². The van der Waals surface area contributed by atoms with Crippen molar-refractivity contribution in [3.05, 3.63) is 41.0 Å². The van der Waals surface area contributed by atoms with Gasteiger partial charge in [0.05, 0.1) is 12.3 Å². The SMILES string of the molecule is CON=C1CCCCC1CCCC(=O)c1cc(-c2ccc(Cl)cc2)c(OCC2CC2)nn1. The van der Waals surface area contributed by atoms with Crippen LogP contribution in [0.25, 0.3) is 11.1 Å². The standard InChI is InChI=1S/C25H30ClN3O3/c1-31-29-22-7-3-2-5-19(22)6-4-8-24(30)23-15-21(18-11-13-20(26)14-12-18)25(28-27-23)32-16-17-9-10-17/h11-15,17,19H,2-10,16H2,1H3. The van der Waals surface area contributed by atoms with E-state index in [4.69, 9.17) is 21.2 Å². The number of ether oxygens (including phenoxy) is 1. The van der Waals surface area contributed by atoms with E-state index < -0.39 is 0 Å². The highest BCUT2D eigenvalue weighted by atomic mass is 35.5. The summed E-state index contributed by atoms with van der Waals surface area (Å²) in [5.41, 5.74) is 3.20. The number of nitrogens with zero attached hydrogens (tertiary/aromatic N) is 3. The number of benzene rings is 1. The number of hydrogen-bond donors (Lipinski definition) is 0. The molecule has 1 aromatic heterocycles. The summed E-state index contributed by atoms with van der Waals surface area (Å²) in [5, 5.41) is 13.3. The maximum Gasteiger partial charge on any atom is 0.241 e. The van der Waals surface area contributed by atoms with Gasteiger partial charge in [-0.1, -0.05) is 35.3 Å². The lowest BCUT2D eigenvalue weighted by atomic mass is 9.83. The van der Waals surface area contributed by atoms with E-state index in [9.17, 15) is 4.79 Å². The van der Waals surface area contributed by atoms with Gasteiger partial charge >= 0.3 is 0 Å². The van der Waals surface area contributed by atoms with Gasteiger partial charge in [0.25, 0.3) is 0 Å². The van der Waals surface area contributed by atoms with E-state index in [1.807, 2.05) is 24.3 Å². The third-order valence-corrected chi connectivity index (χ3v) is 6.48. The average molecular weight is 456 g/mol. The van der Waals surface area contributed by atoms with Crippen LogP contribution in [0, 0.1) is 11.8 Å². The Labute approximate surface area is 194 Å². The van der Waals surface area contributed by atoms with Gasteiger partial charge in [0.2, 0.25) is 5.88 Å². The van der Waals surface area contributed by atoms with Crippen molar-refractivity contribution in [3.63, 3.8) is 0 Å². The van der Waals surface area contributed by atoms with Crippen LogP contribution in [0.2, 0.25) is 5.02 Å². The lowest BCUT2D eigenvalue weighted by Crippen LogP contribution is -2.20. The van der Waals surface area contributed by atoms with Crippen LogP contribution >= 0.6 is 11.6 Å². The first kappa shape index (κ1) is 22.7. The van der Waals surface area contributed by atoms with Gasteiger partial charge in [0.1, 0.15) is 12.8 Å². The molecule has 2 aliphatic carbocycles. The van der Waals surface area contributed by atoms with Gasteiger partial charge in [-0.2, -0.15) is 0 Å². The minimum Gasteiger partial charge on any atom is -0.476 e. The summed E-state index contributed by atoms with van der Waals surface area (Å²) in [4.78, 5) is 17.9. The molecule has 0 amide bonds. The number of rotatable bonds is 10. The zero-order valence-electron chi connectivity index (χ0n) is 18.6. The molecule has 0 aliphatic heterocycles. The highest BCUT2D eigenvalue weighted by molar-refractivity contribution is 6.30. The lowest BCUT2D eigenvalue weighted by Gasteiger charge is -2.23. The van der Waals surface area contributed by atoms with Crippen molar-refractivity contribution in [1.82, 2.24) is 10.2 Å². The fourth-order valence-corrected chi connectivity index (χ4v) is 4.32. The van der Waals surface area contributed by atoms with Crippen molar-refractivity contribution in [2.75, 3.05) is 13.7 Å². The minimum atomic E-state index is 0.00231. The topological polar surface area (TPSA) is 73.7 Å². The molecule has 2 fully saturated rings. The first-order valence-corrected chi connectivity index (χ1v) is 11.9. The molecular weight excluding hydrogens is 426 g/mol. The Balaban J connectivity index is 1.43. The predicted octanol–water partition coefficient (Wildman–Crippen LogP) is 6.13. The summed E-state index contributed by atoms with van der Waals surface area (Å²) in [6.07, 6.45) is 9.03. The summed E-state index contributed by atoms with van der Waals surface area (Å²) in [6, 6.07) is 9.29. The smallest absolute Gasteiger partial charge is 0.241 e. The molecule has 0 N–H and O–H groups in total. The summed E-state index contributed by atoms with van der Waals surface area (Å²) >= 11 is 6.05. The second-order valence-corrected chi connectivity index (χ2v) is 9.17. The number of halogens is 1. The summed E-state index contributed by atoms with van der Waals surface area (Å²) in [6.45, 7) is 0.634. The van der Waals surface area contributed by atoms with Crippen LogP contribution in [0.5, 0.6) is 5.88 Å². The predicted molar refractivity (Wildman–Crippen MR) is 125 cm³/mol. The molecule has 0 bridgehead atoms. The molecule has 6 nitrogen and oxygen atoms in total. The number of ketones is 1. The molecule has 1 aromatic carbocycles. The van der Waals surface area contributed by atoms with E-state index in [0.29, 0.717) is 41.5 Å². The van der Waals surface area contributed by atoms with Crippen LogP contribution in [0.15, 0.2) is 35.5 Å². The van der Waals surface area contributed by atoms with E-state index >= 15 is 0 Å². The first-order valence-electron chi connectivity index (χ1n) is 11.5. The van der Waals surface area contributed by atoms with Crippen molar-refractivity contribution in [3.8, 4) is 17.0 Å². The van der Waals surface area contributed by atoms with Crippen molar-refractivity contribution in [2.24, 2.45) is 17.0 Å². The van der Waals surface area contributed by atoms with E-state index in [1.165, 1.54) is 19.3 Å². The van der Waals surface area contributed by atoms with Gasteiger partial charge in [-0.05, 0) is 74.6 Å². The van der Waals surface area contributed by atoms with Gasteiger partial charge < -0.3 is 9.57 Å². The maximum absolute atomic E-state index is 12.9. The van der Waals surface area contributed by atoms with Crippen molar-refractivity contribution < 1.29 is 14.4 Å². The van der Waals surface area contributed by atoms with E-state index in [-0.39, 0.29) is 5.78 Å². The Morgan fingerprint density at radius 2 is 1.97 bits per heavy atom. The second kappa shape index (κ2) is 10.9. The molecule has 32 heavy (non-hydrogen) atoms. The largest absolute Gasteiger partial charge is 0.476 e. The average Bonchev–Trinajstić information content (AvgIpc) is 3.64. The lowest BCUT2D eigenvalue weighted by molar-refractivity contribution is 0.0972. The van der Waals surface area contributed by atoms with Crippen molar-refractivity contribution >= 4 is 23.1 Å². The summed E-state index contributed by atoms with van der Waals surface area (Å²) < 4.78 is 5.93. The molecule has 170 valence electrons. The number of carbonyl (C=O) groups is 1. The van der Waals surface area contributed by atoms with Gasteiger partial charge in [-0.25, -0.2) is 0 Å². The molecule has 1 heterocycles. The number of carbonyl (C=O) groups excluding carboxylic acids is 1. The quantitative estimate of drug-likeness (QED) is 0.318. The van der Waals surface area contributed by atoms with Gasteiger partial charge in [-0.3, -0.25) is 4.79 Å². The Kier molecular flexibility index (Phi) is 7.74. The Bertz CT molecular complexity index is 957. The normalized spacial score (nSPS) is 19.7. The zero-order chi connectivity index (χ0) is 22.3. The minimum absolute atomic E-state index is 0.00231. The highest BCUT2D eigenvalue weighted by Crippen LogP contribution is 2.33. The van der Waals surface area contributed by atoms with Crippen LogP contribution in [0.4, 0.5) is 0 Å². The molecule has 7 heteroatoms. The summed E-state index contributed by atoms with van der Waals surface area (Å²) in [7, 11) is 1.59. The Morgan fingerprint density at radius 1 is 1.16 bits per heavy atom. The van der Waals surface area contributed by atoms with Crippen molar-refractivity contribution in [2.45, 2.75) is 57.8 Å². The third-order valence-electron chi connectivity index (χ3n) is 6.23. The number of oxime groups is 1. The van der Waals surface area contributed by atoms with Crippen LogP contribution in [-0.4, -0.2) is 35.4 Å². The van der Waals surface area contributed by atoms with E-state index in [2.05, 4.69) is 15.4 Å². The highest BCUT2D eigenvalue weighted by Gasteiger charge is 2.24. The van der Waals surface area contributed by atoms with Crippen LogP contribution in [-0.2, 0) is 4.84 Å². The van der Waals surface area contributed by atoms with E-state index in [1.54, 1.807) is 13.2 Å². The van der Waals surface area contributed by atoms with Crippen LogP contribution in [0.3, 0.4) is 0 Å².